The third-order valence-electron chi connectivity index (χ3n) is 5.37. The number of hydrogen-bond acceptors (Lipinski definition) is 2. The van der Waals surface area contributed by atoms with Crippen molar-refractivity contribution in [3.05, 3.63) is 29.3 Å². The highest BCUT2D eigenvalue weighted by Crippen LogP contribution is 2.35. The van der Waals surface area contributed by atoms with E-state index in [1.54, 1.807) is 0 Å². The Kier molecular flexibility index (Phi) is 9.57. The van der Waals surface area contributed by atoms with Gasteiger partial charge in [0.05, 0.1) is 11.2 Å². The molecule has 0 atom stereocenters. The van der Waals surface area contributed by atoms with Crippen LogP contribution in [0, 0.1) is 0 Å². The van der Waals surface area contributed by atoms with Gasteiger partial charge in [-0.3, -0.25) is 4.99 Å². The van der Waals surface area contributed by atoms with Crippen molar-refractivity contribution in [2.24, 2.45) is 4.99 Å². The largest absolute Gasteiger partial charge is 0.307 e. The molecule has 0 aliphatic heterocycles. The topological polar surface area (TPSA) is 24.4 Å². The highest BCUT2D eigenvalue weighted by molar-refractivity contribution is 5.93. The van der Waals surface area contributed by atoms with E-state index in [4.69, 9.17) is 4.99 Å². The quantitative estimate of drug-likeness (QED) is 0.324. The van der Waals surface area contributed by atoms with E-state index in [0.29, 0.717) is 11.8 Å². The molecule has 0 spiro atoms. The number of aliphatic imine (C=N–C) groups is 1. The second-order valence-electron chi connectivity index (χ2n) is 8.76. The van der Waals surface area contributed by atoms with Crippen molar-refractivity contribution < 1.29 is 0 Å². The van der Waals surface area contributed by atoms with Gasteiger partial charge in [-0.1, -0.05) is 78.5 Å². The summed E-state index contributed by atoms with van der Waals surface area (Å²) in [6.45, 7) is 19.0. The second kappa shape index (κ2) is 10.9. The van der Waals surface area contributed by atoms with Crippen LogP contribution in [0.2, 0.25) is 0 Å². The van der Waals surface area contributed by atoms with E-state index in [0.717, 1.165) is 6.54 Å². The molecule has 1 N–H and O–H groups in total. The number of benzene rings is 1. The molecule has 0 saturated heterocycles. The lowest BCUT2D eigenvalue weighted by Gasteiger charge is -2.27. The van der Waals surface area contributed by atoms with Gasteiger partial charge in [-0.15, -0.1) is 0 Å². The van der Waals surface area contributed by atoms with Gasteiger partial charge >= 0.3 is 0 Å². The predicted molar refractivity (Wildman–Crippen MR) is 118 cm³/mol. The van der Waals surface area contributed by atoms with Crippen LogP contribution in [-0.2, 0) is 0 Å². The van der Waals surface area contributed by atoms with E-state index >= 15 is 0 Å². The van der Waals surface area contributed by atoms with Crippen molar-refractivity contribution in [2.75, 3.05) is 6.54 Å². The summed E-state index contributed by atoms with van der Waals surface area (Å²) in [7, 11) is 0. The highest BCUT2D eigenvalue weighted by Gasteiger charge is 2.22. The lowest BCUT2D eigenvalue weighted by Crippen LogP contribution is -2.46. The summed E-state index contributed by atoms with van der Waals surface area (Å²) in [5.74, 6) is 0.963. The number of nitrogens with zero attached hydrogens (tertiary/aromatic N) is 1. The van der Waals surface area contributed by atoms with Crippen molar-refractivity contribution in [3.63, 3.8) is 0 Å². The van der Waals surface area contributed by atoms with E-state index in [2.05, 4.69) is 78.9 Å². The minimum absolute atomic E-state index is 0.0803. The molecule has 0 bridgehead atoms. The average molecular weight is 359 g/mol. The standard InChI is InChI=1S/C24H42N2/c1-9-10-11-12-13-17-25-24(7,8)20(6)26-23-21(18(2)3)15-14-16-22(23)19(4)5/h14-16,18-19,25H,9-13,17H2,1-8H3. The molecular formula is C24H42N2. The Hall–Kier alpha value is -1.15. The van der Waals surface area contributed by atoms with Crippen molar-refractivity contribution >= 4 is 11.4 Å². The van der Waals surface area contributed by atoms with Gasteiger partial charge in [0.2, 0.25) is 0 Å². The first-order valence-electron chi connectivity index (χ1n) is 10.6. The van der Waals surface area contributed by atoms with Crippen LogP contribution in [0.5, 0.6) is 0 Å². The molecule has 26 heavy (non-hydrogen) atoms. The summed E-state index contributed by atoms with van der Waals surface area (Å²) in [4.78, 5) is 5.16. The second-order valence-corrected chi connectivity index (χ2v) is 8.76. The van der Waals surface area contributed by atoms with Crippen LogP contribution in [0.1, 0.15) is 110 Å². The Morgan fingerprint density at radius 1 is 0.962 bits per heavy atom. The van der Waals surface area contributed by atoms with E-state index in [-0.39, 0.29) is 5.54 Å². The monoisotopic (exact) mass is 358 g/mol. The molecule has 0 radical (unpaired) electrons. The molecule has 1 aromatic rings. The Morgan fingerprint density at radius 3 is 2.00 bits per heavy atom. The summed E-state index contributed by atoms with van der Waals surface area (Å²) in [6.07, 6.45) is 6.58. The lowest BCUT2D eigenvalue weighted by molar-refractivity contribution is 0.481. The predicted octanol–water partition coefficient (Wildman–Crippen LogP) is 7.36. The maximum absolute atomic E-state index is 5.16. The number of para-hydroxylation sites is 1. The molecule has 0 aliphatic carbocycles. The van der Waals surface area contributed by atoms with Gasteiger partial charge < -0.3 is 5.32 Å². The fourth-order valence-corrected chi connectivity index (χ4v) is 3.21. The van der Waals surface area contributed by atoms with Gasteiger partial charge in [0.1, 0.15) is 0 Å². The van der Waals surface area contributed by atoms with E-state index in [1.807, 2.05) is 0 Å². The first-order chi connectivity index (χ1) is 12.2. The third-order valence-corrected chi connectivity index (χ3v) is 5.37. The minimum Gasteiger partial charge on any atom is -0.307 e. The molecule has 2 nitrogen and oxygen atoms in total. The van der Waals surface area contributed by atoms with Crippen molar-refractivity contribution in [1.82, 2.24) is 5.32 Å². The molecule has 0 saturated carbocycles. The number of rotatable bonds is 11. The van der Waals surface area contributed by atoms with Gasteiger partial charge in [0, 0.05) is 5.71 Å². The summed E-state index contributed by atoms with van der Waals surface area (Å²) in [5, 5.41) is 3.72. The smallest absolute Gasteiger partial charge is 0.0698 e. The van der Waals surface area contributed by atoms with Crippen LogP contribution < -0.4 is 5.32 Å². The van der Waals surface area contributed by atoms with Crippen LogP contribution in [0.15, 0.2) is 23.2 Å². The van der Waals surface area contributed by atoms with Crippen molar-refractivity contribution in [1.29, 1.82) is 0 Å². The maximum atomic E-state index is 5.16. The Balaban J connectivity index is 2.93. The Bertz CT molecular complexity index is 541. The minimum atomic E-state index is -0.0803. The zero-order chi connectivity index (χ0) is 19.7. The van der Waals surface area contributed by atoms with Crippen LogP contribution in [0.4, 0.5) is 5.69 Å². The molecule has 0 amide bonds. The van der Waals surface area contributed by atoms with Gasteiger partial charge in [-0.25, -0.2) is 0 Å². The van der Waals surface area contributed by atoms with Crippen molar-refractivity contribution in [3.8, 4) is 0 Å². The third kappa shape index (κ3) is 6.87. The van der Waals surface area contributed by atoms with Crippen LogP contribution in [-0.4, -0.2) is 17.8 Å². The zero-order valence-electron chi connectivity index (χ0n) is 18.6. The van der Waals surface area contributed by atoms with Crippen molar-refractivity contribution in [2.45, 2.75) is 105 Å². The highest BCUT2D eigenvalue weighted by atomic mass is 15.0. The molecule has 2 heteroatoms. The molecule has 1 rings (SSSR count). The molecule has 148 valence electrons. The summed E-state index contributed by atoms with van der Waals surface area (Å²) < 4.78 is 0. The van der Waals surface area contributed by atoms with Gasteiger partial charge in [0.15, 0.2) is 0 Å². The molecule has 0 aliphatic rings. The fourth-order valence-electron chi connectivity index (χ4n) is 3.21. The first kappa shape index (κ1) is 22.9. The molecule has 0 unspecified atom stereocenters. The van der Waals surface area contributed by atoms with Gasteiger partial charge in [0.25, 0.3) is 0 Å². The average Bonchev–Trinajstić information content (AvgIpc) is 2.57. The molecule has 0 fully saturated rings. The van der Waals surface area contributed by atoms with E-state index < -0.39 is 0 Å². The first-order valence-corrected chi connectivity index (χ1v) is 10.6. The molecular weight excluding hydrogens is 316 g/mol. The van der Waals surface area contributed by atoms with E-state index in [1.165, 1.54) is 54.6 Å². The summed E-state index contributed by atoms with van der Waals surface area (Å²) in [6, 6.07) is 6.65. The Morgan fingerprint density at radius 2 is 1.50 bits per heavy atom. The number of nitrogens with one attached hydrogen (secondary N) is 1. The SMILES string of the molecule is CCCCCCCNC(C)(C)C(C)=Nc1c(C(C)C)cccc1C(C)C. The van der Waals surface area contributed by atoms with Crippen LogP contribution >= 0.6 is 0 Å². The maximum Gasteiger partial charge on any atom is 0.0698 e. The van der Waals surface area contributed by atoms with Crippen LogP contribution in [0.3, 0.4) is 0 Å². The zero-order valence-corrected chi connectivity index (χ0v) is 18.6. The van der Waals surface area contributed by atoms with Gasteiger partial charge in [-0.05, 0) is 56.7 Å². The number of unbranched alkanes of at least 4 members (excludes halogenated alkanes) is 4. The lowest BCUT2D eigenvalue weighted by atomic mass is 9.92. The molecule has 0 aromatic heterocycles. The normalized spacial score (nSPS) is 13.1. The Labute approximate surface area is 162 Å². The van der Waals surface area contributed by atoms with Gasteiger partial charge in [-0.2, -0.15) is 0 Å². The number of hydrogen-bond donors (Lipinski definition) is 1. The van der Waals surface area contributed by atoms with Crippen LogP contribution in [0.25, 0.3) is 0 Å². The summed E-state index contributed by atoms with van der Waals surface area (Å²) in [5.41, 5.74) is 4.98. The molecule has 1 aromatic carbocycles. The molecule has 0 heterocycles. The van der Waals surface area contributed by atoms with E-state index in [9.17, 15) is 0 Å². The fraction of sp³-hybridized carbons (Fsp3) is 0.708. The summed E-state index contributed by atoms with van der Waals surface area (Å²) >= 11 is 0.